The molecular formula is C24H28O7. The van der Waals surface area contributed by atoms with Gasteiger partial charge in [0, 0.05) is 11.6 Å². The van der Waals surface area contributed by atoms with E-state index in [-0.39, 0.29) is 12.4 Å². The lowest BCUT2D eigenvalue weighted by molar-refractivity contribution is -0.139. The molecule has 0 aliphatic heterocycles. The first-order valence-electron chi connectivity index (χ1n) is 10.1. The highest BCUT2D eigenvalue weighted by atomic mass is 16.6. The van der Waals surface area contributed by atoms with Gasteiger partial charge in [0.05, 0.1) is 45.2 Å². The molecular weight excluding hydrogens is 400 g/mol. The van der Waals surface area contributed by atoms with E-state index in [1.165, 1.54) is 0 Å². The molecule has 2 rings (SSSR count). The van der Waals surface area contributed by atoms with Gasteiger partial charge in [-0.2, -0.15) is 0 Å². The second kappa shape index (κ2) is 14.9. The Hall–Kier alpha value is -3.00. The van der Waals surface area contributed by atoms with Gasteiger partial charge in [0.25, 0.3) is 0 Å². The fourth-order valence-corrected chi connectivity index (χ4v) is 2.54. The lowest BCUT2D eigenvalue weighted by atomic mass is 10.0. The van der Waals surface area contributed by atoms with Crippen molar-refractivity contribution in [1.82, 2.24) is 0 Å². The molecule has 0 atom stereocenters. The third kappa shape index (κ3) is 9.57. The Morgan fingerprint density at radius 1 is 0.710 bits per heavy atom. The van der Waals surface area contributed by atoms with E-state index in [1.54, 1.807) is 24.3 Å². The Balaban J connectivity index is 1.53. The lowest BCUT2D eigenvalue weighted by Gasteiger charge is -2.11. The third-order valence-electron chi connectivity index (χ3n) is 4.04. The standard InChI is InChI=1S/C24H28O7/c1-2-23(25)31-19-17-29-15-13-27-12-14-28-16-18-30-22-11-7-6-10-21(22)24(26)20-8-4-3-5-9-20/h2-11H,1,12-19H2. The van der Waals surface area contributed by atoms with Crippen molar-refractivity contribution in [2.24, 2.45) is 0 Å². The first-order valence-corrected chi connectivity index (χ1v) is 10.1. The average Bonchev–Trinajstić information content (AvgIpc) is 2.82. The maximum atomic E-state index is 12.7. The molecule has 0 saturated heterocycles. The smallest absolute Gasteiger partial charge is 0.330 e. The summed E-state index contributed by atoms with van der Waals surface area (Å²) in [6.07, 6.45) is 1.11. The highest BCUT2D eigenvalue weighted by Crippen LogP contribution is 2.21. The minimum atomic E-state index is -0.465. The average molecular weight is 428 g/mol. The monoisotopic (exact) mass is 428 g/mol. The highest BCUT2D eigenvalue weighted by Gasteiger charge is 2.13. The van der Waals surface area contributed by atoms with Crippen LogP contribution in [0.1, 0.15) is 15.9 Å². The summed E-state index contributed by atoms with van der Waals surface area (Å²) in [5.74, 6) is -0.00835. The first-order chi connectivity index (χ1) is 15.2. The lowest BCUT2D eigenvalue weighted by Crippen LogP contribution is -2.14. The topological polar surface area (TPSA) is 80.3 Å². The molecule has 166 valence electrons. The van der Waals surface area contributed by atoms with Crippen molar-refractivity contribution in [3.05, 3.63) is 78.4 Å². The minimum absolute atomic E-state index is 0.0772. The van der Waals surface area contributed by atoms with Gasteiger partial charge in [-0.15, -0.1) is 0 Å². The second-order valence-electron chi connectivity index (χ2n) is 6.25. The fourth-order valence-electron chi connectivity index (χ4n) is 2.54. The van der Waals surface area contributed by atoms with Gasteiger partial charge in [-0.3, -0.25) is 4.79 Å². The third-order valence-corrected chi connectivity index (χ3v) is 4.04. The van der Waals surface area contributed by atoms with Gasteiger partial charge < -0.3 is 23.7 Å². The number of esters is 1. The number of benzene rings is 2. The molecule has 0 spiro atoms. The summed E-state index contributed by atoms with van der Waals surface area (Å²) in [6, 6.07) is 16.3. The van der Waals surface area contributed by atoms with Crippen LogP contribution in [0.15, 0.2) is 67.3 Å². The van der Waals surface area contributed by atoms with Gasteiger partial charge in [0.2, 0.25) is 0 Å². The molecule has 0 saturated carbocycles. The predicted molar refractivity (Wildman–Crippen MR) is 115 cm³/mol. The molecule has 0 unspecified atom stereocenters. The summed E-state index contributed by atoms with van der Waals surface area (Å²) >= 11 is 0. The number of ether oxygens (including phenoxy) is 5. The number of para-hydroxylation sites is 1. The van der Waals surface area contributed by atoms with Crippen LogP contribution >= 0.6 is 0 Å². The van der Waals surface area contributed by atoms with Gasteiger partial charge in [-0.05, 0) is 12.1 Å². The Labute approximate surface area is 182 Å². The molecule has 0 bridgehead atoms. The molecule has 2 aromatic rings. The van der Waals surface area contributed by atoms with Crippen molar-refractivity contribution in [1.29, 1.82) is 0 Å². The van der Waals surface area contributed by atoms with Crippen LogP contribution in [0.25, 0.3) is 0 Å². The van der Waals surface area contributed by atoms with Gasteiger partial charge in [-0.1, -0.05) is 49.0 Å². The van der Waals surface area contributed by atoms with Crippen LogP contribution in [0.4, 0.5) is 0 Å². The highest BCUT2D eigenvalue weighted by molar-refractivity contribution is 6.10. The van der Waals surface area contributed by atoms with Crippen LogP contribution in [-0.4, -0.2) is 64.6 Å². The van der Waals surface area contributed by atoms with Crippen LogP contribution in [0.5, 0.6) is 5.75 Å². The molecule has 0 radical (unpaired) electrons. The molecule has 0 amide bonds. The number of hydrogen-bond acceptors (Lipinski definition) is 7. The maximum Gasteiger partial charge on any atom is 0.330 e. The summed E-state index contributed by atoms with van der Waals surface area (Å²) in [7, 11) is 0. The van der Waals surface area contributed by atoms with E-state index in [1.807, 2.05) is 30.3 Å². The Morgan fingerprint density at radius 3 is 1.90 bits per heavy atom. The number of hydrogen-bond donors (Lipinski definition) is 0. The van der Waals surface area contributed by atoms with Crippen molar-refractivity contribution in [3.63, 3.8) is 0 Å². The number of carbonyl (C=O) groups is 2. The molecule has 0 heterocycles. The van der Waals surface area contributed by atoms with Gasteiger partial charge in [0.1, 0.15) is 19.0 Å². The number of ketones is 1. The molecule has 0 aliphatic rings. The van der Waals surface area contributed by atoms with Crippen LogP contribution in [-0.2, 0) is 23.7 Å². The van der Waals surface area contributed by atoms with E-state index in [9.17, 15) is 9.59 Å². The SMILES string of the molecule is C=CC(=O)OCCOCCOCCOCCOc1ccccc1C(=O)c1ccccc1. The molecule has 0 N–H and O–H groups in total. The fraction of sp³-hybridized carbons (Fsp3) is 0.333. The van der Waals surface area contributed by atoms with Crippen molar-refractivity contribution in [3.8, 4) is 5.75 Å². The van der Waals surface area contributed by atoms with E-state index in [0.717, 1.165) is 6.08 Å². The number of carbonyl (C=O) groups excluding carboxylic acids is 2. The van der Waals surface area contributed by atoms with Crippen LogP contribution in [0, 0.1) is 0 Å². The van der Waals surface area contributed by atoms with Crippen molar-refractivity contribution < 1.29 is 33.3 Å². The zero-order chi connectivity index (χ0) is 22.2. The molecule has 0 aliphatic carbocycles. The molecule has 2 aromatic carbocycles. The van der Waals surface area contributed by atoms with Crippen molar-refractivity contribution in [2.45, 2.75) is 0 Å². The predicted octanol–water partition coefficient (Wildman–Crippen LogP) is 3.08. The first kappa shape index (κ1) is 24.3. The Morgan fingerprint density at radius 2 is 1.26 bits per heavy atom. The zero-order valence-corrected chi connectivity index (χ0v) is 17.5. The summed E-state index contributed by atoms with van der Waals surface area (Å²) in [5.41, 5.74) is 1.14. The minimum Gasteiger partial charge on any atom is -0.490 e. The molecule has 0 fully saturated rings. The van der Waals surface area contributed by atoms with Gasteiger partial charge in [-0.25, -0.2) is 4.79 Å². The second-order valence-corrected chi connectivity index (χ2v) is 6.25. The van der Waals surface area contributed by atoms with Crippen LogP contribution in [0.3, 0.4) is 0 Å². The Bertz CT molecular complexity index is 805. The van der Waals surface area contributed by atoms with Gasteiger partial charge in [0.15, 0.2) is 5.78 Å². The summed E-state index contributed by atoms with van der Waals surface area (Å²) in [6.45, 7) is 6.18. The van der Waals surface area contributed by atoms with Crippen LogP contribution in [0.2, 0.25) is 0 Å². The molecule has 0 aromatic heterocycles. The largest absolute Gasteiger partial charge is 0.490 e. The van der Waals surface area contributed by atoms with E-state index < -0.39 is 5.97 Å². The number of rotatable bonds is 16. The van der Waals surface area contributed by atoms with E-state index in [4.69, 9.17) is 23.7 Å². The van der Waals surface area contributed by atoms with Crippen molar-refractivity contribution >= 4 is 11.8 Å². The van der Waals surface area contributed by atoms with E-state index in [2.05, 4.69) is 6.58 Å². The quantitative estimate of drug-likeness (QED) is 0.176. The maximum absolute atomic E-state index is 12.7. The summed E-state index contributed by atoms with van der Waals surface area (Å²) < 4.78 is 26.6. The molecule has 7 nitrogen and oxygen atoms in total. The van der Waals surface area contributed by atoms with Gasteiger partial charge >= 0.3 is 5.97 Å². The normalized spacial score (nSPS) is 10.5. The van der Waals surface area contributed by atoms with Crippen LogP contribution < -0.4 is 4.74 Å². The molecule has 31 heavy (non-hydrogen) atoms. The zero-order valence-electron chi connectivity index (χ0n) is 17.5. The van der Waals surface area contributed by atoms with Crippen molar-refractivity contribution in [2.75, 3.05) is 52.9 Å². The van der Waals surface area contributed by atoms with E-state index >= 15 is 0 Å². The summed E-state index contributed by atoms with van der Waals surface area (Å²) in [5, 5.41) is 0. The molecule has 7 heteroatoms. The summed E-state index contributed by atoms with van der Waals surface area (Å²) in [4.78, 5) is 23.5. The Kier molecular flexibility index (Phi) is 11.7. The van der Waals surface area contributed by atoms with E-state index in [0.29, 0.717) is 63.1 Å².